The number of hydrogen-bond donors (Lipinski definition) is 2. The van der Waals surface area contributed by atoms with Crippen molar-refractivity contribution in [3.05, 3.63) is 84.9 Å². The van der Waals surface area contributed by atoms with E-state index >= 15 is 0 Å². The van der Waals surface area contributed by atoms with E-state index in [1.165, 1.54) is 16.3 Å². The maximum absolute atomic E-state index is 12.1. The molecule has 1 aliphatic rings. The van der Waals surface area contributed by atoms with Gasteiger partial charge in [0.05, 0.1) is 11.4 Å². The first kappa shape index (κ1) is 19.9. The lowest BCUT2D eigenvalue weighted by Crippen LogP contribution is -2.34. The van der Waals surface area contributed by atoms with Gasteiger partial charge in [0, 0.05) is 41.4 Å². The van der Waals surface area contributed by atoms with E-state index in [1.54, 1.807) is 18.0 Å². The van der Waals surface area contributed by atoms with Gasteiger partial charge >= 0.3 is 6.09 Å². The van der Waals surface area contributed by atoms with Crippen LogP contribution in [0.15, 0.2) is 79.2 Å². The quantitative estimate of drug-likeness (QED) is 0.382. The predicted molar refractivity (Wildman–Crippen MR) is 129 cm³/mol. The summed E-state index contributed by atoms with van der Waals surface area (Å²) in [5.41, 5.74) is 5.07. The number of H-pyrrole nitrogens is 1. The second kappa shape index (κ2) is 8.23. The Labute approximate surface area is 186 Å². The number of amides is 1. The summed E-state index contributed by atoms with van der Waals surface area (Å²) >= 11 is 0. The fraction of sp³-hybridized carbons (Fsp3) is 0.154. The van der Waals surface area contributed by atoms with Crippen molar-refractivity contribution in [2.45, 2.75) is 13.3 Å². The number of pyridine rings is 1. The maximum atomic E-state index is 12.1. The molecule has 0 saturated carbocycles. The van der Waals surface area contributed by atoms with Crippen LogP contribution in [0.1, 0.15) is 19.0 Å². The molecular weight excluding hydrogens is 400 g/mol. The number of nitrogens with zero attached hydrogens (tertiary/aromatic N) is 2. The molecule has 32 heavy (non-hydrogen) atoms. The molecular formula is C26H24N4O2. The van der Waals surface area contributed by atoms with E-state index in [0.29, 0.717) is 18.8 Å². The Bertz CT molecular complexity index is 1360. The van der Waals surface area contributed by atoms with Crippen LogP contribution in [-0.4, -0.2) is 34.1 Å². The number of ether oxygens (including phenoxy) is 1. The number of carbonyl (C=O) groups excluding carboxylic acids is 1. The van der Waals surface area contributed by atoms with Crippen molar-refractivity contribution < 1.29 is 9.53 Å². The maximum Gasteiger partial charge on any atom is 0.415 e. The van der Waals surface area contributed by atoms with Gasteiger partial charge in [-0.25, -0.2) is 9.78 Å². The highest BCUT2D eigenvalue weighted by Gasteiger charge is 2.20. The number of benzene rings is 2. The average Bonchev–Trinajstić information content (AvgIpc) is 3.24. The highest BCUT2D eigenvalue weighted by atomic mass is 16.6. The number of carbonyl (C=O) groups is 1. The van der Waals surface area contributed by atoms with Gasteiger partial charge in [-0.3, -0.25) is 0 Å². The number of hydrogen-bond acceptors (Lipinski definition) is 4. The molecule has 2 aromatic carbocycles. The summed E-state index contributed by atoms with van der Waals surface area (Å²) in [4.78, 5) is 21.7. The summed E-state index contributed by atoms with van der Waals surface area (Å²) in [5, 5.41) is 6.99. The van der Waals surface area contributed by atoms with Gasteiger partial charge in [0.15, 0.2) is 0 Å². The van der Waals surface area contributed by atoms with Crippen LogP contribution in [0.2, 0.25) is 0 Å². The van der Waals surface area contributed by atoms with Crippen LogP contribution in [-0.2, 0) is 4.74 Å². The van der Waals surface area contributed by atoms with Crippen molar-refractivity contribution in [3.63, 3.8) is 0 Å². The van der Waals surface area contributed by atoms with E-state index < -0.39 is 0 Å². The summed E-state index contributed by atoms with van der Waals surface area (Å²) in [6.07, 6.45) is 4.25. The SMILES string of the molecule is C=C(C)OC(=O)N1CC=C(c2cc3c(Nc4cccc5ccccc45)ccnc3[nH]2)CC1. The van der Waals surface area contributed by atoms with E-state index in [-0.39, 0.29) is 6.09 Å². The number of aromatic amines is 1. The second-order valence-corrected chi connectivity index (χ2v) is 7.95. The minimum absolute atomic E-state index is 0.354. The Balaban J connectivity index is 1.42. The van der Waals surface area contributed by atoms with Crippen molar-refractivity contribution in [1.82, 2.24) is 14.9 Å². The molecule has 1 aliphatic heterocycles. The van der Waals surface area contributed by atoms with Crippen LogP contribution in [0.3, 0.4) is 0 Å². The lowest BCUT2D eigenvalue weighted by Gasteiger charge is -2.25. The molecule has 1 amide bonds. The van der Waals surface area contributed by atoms with Crippen LogP contribution in [0.25, 0.3) is 27.4 Å². The molecule has 2 aromatic heterocycles. The van der Waals surface area contributed by atoms with E-state index in [2.05, 4.69) is 70.4 Å². The third-order valence-electron chi connectivity index (χ3n) is 5.67. The molecule has 6 heteroatoms. The zero-order valence-electron chi connectivity index (χ0n) is 17.9. The molecule has 5 rings (SSSR count). The normalized spacial score (nSPS) is 13.8. The van der Waals surface area contributed by atoms with Gasteiger partial charge < -0.3 is 19.9 Å². The molecule has 160 valence electrons. The van der Waals surface area contributed by atoms with Gasteiger partial charge in [-0.05, 0) is 42.5 Å². The lowest BCUT2D eigenvalue weighted by molar-refractivity contribution is 0.133. The summed E-state index contributed by atoms with van der Waals surface area (Å²) in [5.74, 6) is 0.401. The highest BCUT2D eigenvalue weighted by molar-refractivity contribution is 6.00. The van der Waals surface area contributed by atoms with Crippen molar-refractivity contribution in [2.75, 3.05) is 18.4 Å². The number of nitrogens with one attached hydrogen (secondary N) is 2. The number of anilines is 2. The minimum atomic E-state index is -0.354. The van der Waals surface area contributed by atoms with Crippen LogP contribution in [0.5, 0.6) is 0 Å². The van der Waals surface area contributed by atoms with E-state index in [4.69, 9.17) is 4.74 Å². The number of fused-ring (bicyclic) bond motifs is 2. The summed E-state index contributed by atoms with van der Waals surface area (Å²) in [6.45, 7) is 6.40. The molecule has 0 atom stereocenters. The predicted octanol–water partition coefficient (Wildman–Crippen LogP) is 6.22. The lowest BCUT2D eigenvalue weighted by atomic mass is 10.0. The van der Waals surface area contributed by atoms with Gasteiger partial charge in [-0.1, -0.05) is 49.1 Å². The largest absolute Gasteiger partial charge is 0.416 e. The Morgan fingerprint density at radius 3 is 2.75 bits per heavy atom. The first-order valence-electron chi connectivity index (χ1n) is 10.6. The first-order valence-corrected chi connectivity index (χ1v) is 10.6. The molecule has 0 unspecified atom stereocenters. The van der Waals surface area contributed by atoms with Crippen LogP contribution >= 0.6 is 0 Å². The Morgan fingerprint density at radius 2 is 1.94 bits per heavy atom. The Kier molecular flexibility index (Phi) is 5.11. The second-order valence-electron chi connectivity index (χ2n) is 7.95. The third-order valence-corrected chi connectivity index (χ3v) is 5.67. The molecule has 0 fully saturated rings. The van der Waals surface area contributed by atoms with Gasteiger partial charge in [0.1, 0.15) is 5.65 Å². The van der Waals surface area contributed by atoms with Crippen LogP contribution in [0.4, 0.5) is 16.2 Å². The van der Waals surface area contributed by atoms with Gasteiger partial charge in [0.2, 0.25) is 0 Å². The molecule has 0 spiro atoms. The van der Waals surface area contributed by atoms with Gasteiger partial charge in [0.25, 0.3) is 0 Å². The fourth-order valence-electron chi connectivity index (χ4n) is 4.08. The van der Waals surface area contributed by atoms with Crippen LogP contribution in [0, 0.1) is 0 Å². The Morgan fingerprint density at radius 1 is 1.12 bits per heavy atom. The molecule has 4 aromatic rings. The molecule has 3 heterocycles. The first-order chi connectivity index (χ1) is 15.6. The summed E-state index contributed by atoms with van der Waals surface area (Å²) in [7, 11) is 0. The van der Waals surface area contributed by atoms with Crippen molar-refractivity contribution in [2.24, 2.45) is 0 Å². The molecule has 2 N–H and O–H groups in total. The molecule has 0 radical (unpaired) electrons. The zero-order valence-corrected chi connectivity index (χ0v) is 17.9. The topological polar surface area (TPSA) is 70.2 Å². The molecule has 0 bridgehead atoms. The minimum Gasteiger partial charge on any atom is -0.416 e. The van der Waals surface area contributed by atoms with E-state index in [1.807, 2.05) is 12.1 Å². The molecule has 0 saturated heterocycles. The van der Waals surface area contributed by atoms with Crippen molar-refractivity contribution in [3.8, 4) is 0 Å². The third kappa shape index (κ3) is 3.83. The molecule has 0 aliphatic carbocycles. The highest BCUT2D eigenvalue weighted by Crippen LogP contribution is 2.32. The van der Waals surface area contributed by atoms with E-state index in [9.17, 15) is 4.79 Å². The Hall–Kier alpha value is -4.06. The van der Waals surface area contributed by atoms with Crippen molar-refractivity contribution >= 4 is 44.8 Å². The fourth-order valence-corrected chi connectivity index (χ4v) is 4.08. The number of aromatic nitrogens is 2. The van der Waals surface area contributed by atoms with Crippen LogP contribution < -0.4 is 5.32 Å². The summed E-state index contributed by atoms with van der Waals surface area (Å²) < 4.78 is 5.12. The smallest absolute Gasteiger partial charge is 0.415 e. The monoisotopic (exact) mass is 424 g/mol. The number of rotatable bonds is 4. The summed E-state index contributed by atoms with van der Waals surface area (Å²) in [6, 6.07) is 18.7. The van der Waals surface area contributed by atoms with E-state index in [0.717, 1.165) is 34.5 Å². The van der Waals surface area contributed by atoms with Gasteiger partial charge in [-0.15, -0.1) is 0 Å². The standard InChI is InChI=1S/C26H24N4O2/c1-17(2)32-26(31)30-14-11-19(12-15-30)24-16-21-23(10-13-27-25(21)29-24)28-22-9-5-7-18-6-3-4-8-20(18)22/h3-11,13,16H,1,12,14-15H2,2H3,(H2,27,28,29). The average molecular weight is 425 g/mol. The molecule has 6 nitrogen and oxygen atoms in total. The van der Waals surface area contributed by atoms with Gasteiger partial charge in [-0.2, -0.15) is 0 Å². The number of allylic oxidation sites excluding steroid dienone is 1. The van der Waals surface area contributed by atoms with Crippen molar-refractivity contribution in [1.29, 1.82) is 0 Å². The zero-order chi connectivity index (χ0) is 22.1.